The Morgan fingerprint density at radius 1 is 1.09 bits per heavy atom. The molecular weight excluding hydrogens is 413 g/mol. The van der Waals surface area contributed by atoms with Crippen LogP contribution in [0.15, 0.2) is 18.2 Å². The topological polar surface area (TPSA) is 118 Å². The number of nitrogen functional groups attached to an aromatic ring is 2. The molecule has 2 aromatic heterocycles. The highest BCUT2D eigenvalue weighted by atomic mass is 19.1. The second kappa shape index (κ2) is 8.38. The molecule has 0 spiro atoms. The van der Waals surface area contributed by atoms with Crippen LogP contribution in [0.4, 0.5) is 15.9 Å². The van der Waals surface area contributed by atoms with Crippen molar-refractivity contribution in [3.63, 3.8) is 0 Å². The average molecular weight is 442 g/mol. The van der Waals surface area contributed by atoms with Gasteiger partial charge in [0.2, 0.25) is 0 Å². The van der Waals surface area contributed by atoms with Crippen LogP contribution in [0.1, 0.15) is 48.5 Å². The van der Waals surface area contributed by atoms with Crippen molar-refractivity contribution in [1.82, 2.24) is 15.0 Å². The molecule has 1 unspecified atom stereocenters. The van der Waals surface area contributed by atoms with Gasteiger partial charge in [0.15, 0.2) is 17.2 Å². The van der Waals surface area contributed by atoms with Gasteiger partial charge in [0.25, 0.3) is 0 Å². The summed E-state index contributed by atoms with van der Waals surface area (Å²) in [5.74, 6) is 1.50. The second-order valence-corrected chi connectivity index (χ2v) is 8.11. The molecule has 0 aliphatic heterocycles. The number of anilines is 2. The highest BCUT2D eigenvalue weighted by Crippen LogP contribution is 2.50. The highest BCUT2D eigenvalue weighted by molar-refractivity contribution is 5.95. The van der Waals surface area contributed by atoms with Gasteiger partial charge in [-0.3, -0.25) is 4.98 Å². The van der Waals surface area contributed by atoms with Crippen molar-refractivity contribution < 1.29 is 18.6 Å². The van der Waals surface area contributed by atoms with E-state index < -0.39 is 5.67 Å². The zero-order chi connectivity index (χ0) is 23.0. The summed E-state index contributed by atoms with van der Waals surface area (Å²) in [4.78, 5) is 13.5. The Morgan fingerprint density at radius 3 is 2.50 bits per heavy atom. The quantitative estimate of drug-likeness (QED) is 0.509. The number of hydrogen-bond donors (Lipinski definition) is 2. The van der Waals surface area contributed by atoms with Gasteiger partial charge < -0.3 is 25.7 Å². The van der Waals surface area contributed by atoms with Gasteiger partial charge in [-0.25, -0.2) is 14.4 Å². The van der Waals surface area contributed by atoms with E-state index in [1.54, 1.807) is 39.3 Å². The molecular formula is C23H28FN5O3. The summed E-state index contributed by atoms with van der Waals surface area (Å²) in [7, 11) is 3.16. The molecule has 3 aromatic rings. The first-order valence-electron chi connectivity index (χ1n) is 10.5. The van der Waals surface area contributed by atoms with Crippen LogP contribution in [0, 0.1) is 6.92 Å². The molecule has 32 heavy (non-hydrogen) atoms. The standard InChI is InChI=1S/C23H28FN5O3/c1-12(15-9-14(25)10-18(29-15)23(24)5-6-23)19-20-16(27-13(2)28-22(20)26)11-17(31-4)21(19)32-8-7-30-3/h9-12H,5-8H2,1-4H3,(H2,25,29)(H2,26,27,28). The van der Waals surface area contributed by atoms with Crippen molar-refractivity contribution in [3.05, 3.63) is 41.0 Å². The summed E-state index contributed by atoms with van der Waals surface area (Å²) >= 11 is 0. The third kappa shape index (κ3) is 4.00. The van der Waals surface area contributed by atoms with Gasteiger partial charge in [-0.2, -0.15) is 0 Å². The number of pyridine rings is 1. The Bertz CT molecular complexity index is 1170. The van der Waals surface area contributed by atoms with E-state index in [0.29, 0.717) is 82.7 Å². The van der Waals surface area contributed by atoms with E-state index >= 15 is 0 Å². The summed E-state index contributed by atoms with van der Waals surface area (Å²) in [6.45, 7) is 4.41. The third-order valence-corrected chi connectivity index (χ3v) is 5.73. The van der Waals surface area contributed by atoms with Crippen molar-refractivity contribution in [3.8, 4) is 11.5 Å². The second-order valence-electron chi connectivity index (χ2n) is 8.11. The molecule has 1 aromatic carbocycles. The SMILES string of the molecule is COCCOc1c(OC)cc2nc(C)nc(N)c2c1C(C)c1cc(N)cc(C2(F)CC2)n1. The largest absolute Gasteiger partial charge is 0.493 e. The minimum Gasteiger partial charge on any atom is -0.493 e. The van der Waals surface area contributed by atoms with Crippen LogP contribution in [0.25, 0.3) is 10.9 Å². The Morgan fingerprint density at radius 2 is 1.84 bits per heavy atom. The first-order chi connectivity index (χ1) is 15.3. The van der Waals surface area contributed by atoms with Gasteiger partial charge in [-0.05, 0) is 31.9 Å². The van der Waals surface area contributed by atoms with Gasteiger partial charge >= 0.3 is 0 Å². The van der Waals surface area contributed by atoms with Crippen LogP contribution >= 0.6 is 0 Å². The molecule has 4 N–H and O–H groups in total. The molecule has 4 rings (SSSR count). The van der Waals surface area contributed by atoms with E-state index in [1.165, 1.54) is 0 Å². The van der Waals surface area contributed by atoms with Crippen LogP contribution in [-0.2, 0) is 10.4 Å². The van der Waals surface area contributed by atoms with Crippen LogP contribution in [-0.4, -0.2) is 42.4 Å². The van der Waals surface area contributed by atoms with Gasteiger partial charge in [-0.1, -0.05) is 6.92 Å². The summed E-state index contributed by atoms with van der Waals surface area (Å²) in [6.07, 6.45) is 0.898. The van der Waals surface area contributed by atoms with Gasteiger partial charge in [0.05, 0.1) is 36.0 Å². The first kappa shape index (κ1) is 22.0. The molecule has 1 aliphatic carbocycles. The van der Waals surface area contributed by atoms with E-state index in [0.717, 1.165) is 0 Å². The number of methoxy groups -OCH3 is 2. The number of fused-ring (bicyclic) bond motifs is 1. The molecule has 0 saturated heterocycles. The van der Waals surface area contributed by atoms with Gasteiger partial charge in [0, 0.05) is 30.3 Å². The molecule has 0 bridgehead atoms. The van der Waals surface area contributed by atoms with E-state index in [1.807, 2.05) is 6.92 Å². The first-order valence-corrected chi connectivity index (χ1v) is 10.5. The lowest BCUT2D eigenvalue weighted by molar-refractivity contribution is 0.143. The molecule has 0 radical (unpaired) electrons. The number of nitrogens with zero attached hydrogens (tertiary/aromatic N) is 3. The minimum absolute atomic E-state index is 0.300. The minimum atomic E-state index is -1.41. The zero-order valence-electron chi connectivity index (χ0n) is 18.7. The predicted octanol–water partition coefficient (Wildman–Crippen LogP) is 3.64. The number of aromatic nitrogens is 3. The summed E-state index contributed by atoms with van der Waals surface area (Å²) in [5.41, 5.74) is 13.8. The summed E-state index contributed by atoms with van der Waals surface area (Å²) in [5, 5.41) is 0.642. The van der Waals surface area contributed by atoms with Crippen LogP contribution in [0.3, 0.4) is 0 Å². The lowest BCUT2D eigenvalue weighted by atomic mass is 9.91. The molecule has 2 heterocycles. The summed E-state index contributed by atoms with van der Waals surface area (Å²) in [6, 6.07) is 5.12. The van der Waals surface area contributed by atoms with E-state index in [-0.39, 0.29) is 5.92 Å². The Balaban J connectivity index is 1.94. The molecule has 1 saturated carbocycles. The number of aryl methyl sites for hydroxylation is 1. The number of ether oxygens (including phenoxy) is 3. The van der Waals surface area contributed by atoms with Crippen molar-refractivity contribution in [1.29, 1.82) is 0 Å². The van der Waals surface area contributed by atoms with E-state index in [4.69, 9.17) is 25.7 Å². The Hall–Kier alpha value is -3.20. The fraction of sp³-hybridized carbons (Fsp3) is 0.435. The molecule has 0 amide bonds. The van der Waals surface area contributed by atoms with Gasteiger partial charge in [0.1, 0.15) is 18.2 Å². The maximum atomic E-state index is 14.8. The van der Waals surface area contributed by atoms with Gasteiger partial charge in [-0.15, -0.1) is 0 Å². The maximum absolute atomic E-state index is 14.8. The monoisotopic (exact) mass is 441 g/mol. The molecule has 9 heteroatoms. The normalized spacial score (nSPS) is 15.5. The third-order valence-electron chi connectivity index (χ3n) is 5.73. The predicted molar refractivity (Wildman–Crippen MR) is 121 cm³/mol. The Labute approximate surface area is 186 Å². The number of hydrogen-bond acceptors (Lipinski definition) is 8. The van der Waals surface area contributed by atoms with E-state index in [9.17, 15) is 4.39 Å². The van der Waals surface area contributed by atoms with Crippen molar-refractivity contribution in [2.75, 3.05) is 38.9 Å². The number of alkyl halides is 1. The van der Waals surface area contributed by atoms with Crippen molar-refractivity contribution >= 4 is 22.4 Å². The fourth-order valence-electron chi connectivity index (χ4n) is 3.91. The van der Waals surface area contributed by atoms with Crippen LogP contribution in [0.2, 0.25) is 0 Å². The van der Waals surface area contributed by atoms with E-state index in [2.05, 4.69) is 15.0 Å². The average Bonchev–Trinajstić information content (AvgIpc) is 3.51. The van der Waals surface area contributed by atoms with Crippen LogP contribution in [0.5, 0.6) is 11.5 Å². The molecule has 1 fully saturated rings. The maximum Gasteiger partial charge on any atom is 0.166 e. The molecule has 8 nitrogen and oxygen atoms in total. The van der Waals surface area contributed by atoms with Crippen molar-refractivity contribution in [2.45, 2.75) is 38.3 Å². The molecule has 1 aliphatic rings. The number of halogens is 1. The van der Waals surface area contributed by atoms with Crippen molar-refractivity contribution in [2.24, 2.45) is 0 Å². The smallest absolute Gasteiger partial charge is 0.166 e. The lowest BCUT2D eigenvalue weighted by Crippen LogP contribution is -2.13. The summed E-state index contributed by atoms with van der Waals surface area (Å²) < 4.78 is 31.7. The fourth-order valence-corrected chi connectivity index (χ4v) is 3.91. The number of rotatable bonds is 8. The van der Waals surface area contributed by atoms with Crippen LogP contribution < -0.4 is 20.9 Å². The molecule has 1 atom stereocenters. The zero-order valence-corrected chi connectivity index (χ0v) is 18.7. The molecule has 170 valence electrons. The lowest BCUT2D eigenvalue weighted by Gasteiger charge is -2.23. The number of benzene rings is 1. The highest BCUT2D eigenvalue weighted by Gasteiger charge is 2.46. The number of nitrogens with two attached hydrogens (primary N) is 2. The Kier molecular flexibility index (Phi) is 5.77.